The Kier molecular flexibility index (Phi) is 3.74. The van der Waals surface area contributed by atoms with Gasteiger partial charge in [-0.05, 0) is 36.4 Å². The summed E-state index contributed by atoms with van der Waals surface area (Å²) in [4.78, 5) is 20.3. The van der Waals surface area contributed by atoms with Gasteiger partial charge in [0.1, 0.15) is 12.7 Å². The molecule has 104 valence electrons. The second-order valence-electron chi connectivity index (χ2n) is 4.18. The van der Waals surface area contributed by atoms with Gasteiger partial charge in [-0.2, -0.15) is 5.10 Å². The van der Waals surface area contributed by atoms with Crippen molar-refractivity contribution in [3.05, 3.63) is 65.3 Å². The molecule has 0 spiro atoms. The first-order chi connectivity index (χ1) is 10.2. The molecule has 3 aromatic rings. The fourth-order valence-corrected chi connectivity index (χ4v) is 2.05. The Morgan fingerprint density at radius 2 is 2.00 bits per heavy atom. The Bertz CT molecular complexity index is 755. The van der Waals surface area contributed by atoms with E-state index in [1.807, 2.05) is 12.1 Å². The van der Waals surface area contributed by atoms with Crippen LogP contribution in [-0.4, -0.2) is 25.7 Å². The molecule has 0 radical (unpaired) electrons. The van der Waals surface area contributed by atoms with Gasteiger partial charge in [-0.25, -0.2) is 14.6 Å². The molecule has 7 heteroatoms. The summed E-state index contributed by atoms with van der Waals surface area (Å²) in [6.45, 7) is 0. The average Bonchev–Trinajstić information content (AvgIpc) is 3.02. The molecule has 0 fully saturated rings. The maximum Gasteiger partial charge on any atom is 0.255 e. The van der Waals surface area contributed by atoms with Crippen LogP contribution < -0.4 is 5.32 Å². The van der Waals surface area contributed by atoms with Crippen molar-refractivity contribution in [2.45, 2.75) is 0 Å². The van der Waals surface area contributed by atoms with Gasteiger partial charge in [-0.1, -0.05) is 15.9 Å². The van der Waals surface area contributed by atoms with Gasteiger partial charge >= 0.3 is 0 Å². The van der Waals surface area contributed by atoms with Crippen molar-refractivity contribution in [2.24, 2.45) is 0 Å². The van der Waals surface area contributed by atoms with Gasteiger partial charge in [0.15, 0.2) is 5.82 Å². The molecule has 6 nitrogen and oxygen atoms in total. The van der Waals surface area contributed by atoms with Gasteiger partial charge in [0.25, 0.3) is 5.91 Å². The predicted molar refractivity (Wildman–Crippen MR) is 81.2 cm³/mol. The quantitative estimate of drug-likeness (QED) is 0.793. The van der Waals surface area contributed by atoms with E-state index in [0.29, 0.717) is 17.1 Å². The molecule has 0 unspecified atom stereocenters. The lowest BCUT2D eigenvalue weighted by atomic mass is 10.2. The number of aromatic nitrogens is 4. The van der Waals surface area contributed by atoms with E-state index in [2.05, 4.69) is 36.3 Å². The summed E-state index contributed by atoms with van der Waals surface area (Å²) in [5.41, 5.74) is 1.13. The van der Waals surface area contributed by atoms with Crippen molar-refractivity contribution in [3.8, 4) is 5.82 Å². The number of nitrogens with one attached hydrogen (secondary N) is 1. The topological polar surface area (TPSA) is 72.7 Å². The SMILES string of the molecule is O=C(Nc1cccnc1-n1cncn1)c1ccc(Br)cc1. The highest BCUT2D eigenvalue weighted by Gasteiger charge is 2.11. The molecule has 0 aliphatic carbocycles. The highest BCUT2D eigenvalue weighted by atomic mass is 79.9. The molecule has 0 saturated carbocycles. The molecule has 2 heterocycles. The van der Waals surface area contributed by atoms with Crippen molar-refractivity contribution in [1.82, 2.24) is 19.7 Å². The third kappa shape index (κ3) is 2.97. The number of nitrogens with zero attached hydrogens (tertiary/aromatic N) is 4. The summed E-state index contributed by atoms with van der Waals surface area (Å²) in [5.74, 6) is 0.303. The maximum atomic E-state index is 12.2. The van der Waals surface area contributed by atoms with Gasteiger partial charge < -0.3 is 5.32 Å². The smallest absolute Gasteiger partial charge is 0.255 e. The van der Waals surface area contributed by atoms with Crippen molar-refractivity contribution < 1.29 is 4.79 Å². The standard InChI is InChI=1S/C14H10BrN5O/c15-11-5-3-10(4-6-11)14(21)19-12-2-1-7-17-13(12)20-9-16-8-18-20/h1-9H,(H,19,21). The number of carbonyl (C=O) groups is 1. The Morgan fingerprint density at radius 1 is 1.19 bits per heavy atom. The normalized spacial score (nSPS) is 10.3. The van der Waals surface area contributed by atoms with Crippen LogP contribution >= 0.6 is 15.9 Å². The van der Waals surface area contributed by atoms with E-state index >= 15 is 0 Å². The van der Waals surface area contributed by atoms with Gasteiger partial charge in [-0.3, -0.25) is 4.79 Å². The lowest BCUT2D eigenvalue weighted by molar-refractivity contribution is 0.102. The van der Waals surface area contributed by atoms with Crippen LogP contribution in [0.5, 0.6) is 0 Å². The highest BCUT2D eigenvalue weighted by molar-refractivity contribution is 9.10. The van der Waals surface area contributed by atoms with E-state index in [1.165, 1.54) is 17.3 Å². The Morgan fingerprint density at radius 3 is 2.71 bits per heavy atom. The number of pyridine rings is 1. The van der Waals surface area contributed by atoms with Crippen LogP contribution in [0.1, 0.15) is 10.4 Å². The number of benzene rings is 1. The van der Waals surface area contributed by atoms with E-state index < -0.39 is 0 Å². The Balaban J connectivity index is 1.88. The number of rotatable bonds is 3. The van der Waals surface area contributed by atoms with Crippen LogP contribution in [0.25, 0.3) is 5.82 Å². The molecule has 0 atom stereocenters. The lowest BCUT2D eigenvalue weighted by Gasteiger charge is -2.09. The van der Waals surface area contributed by atoms with Crippen LogP contribution in [0.3, 0.4) is 0 Å². The van der Waals surface area contributed by atoms with Crippen LogP contribution in [0.15, 0.2) is 59.7 Å². The molecule has 3 rings (SSSR count). The summed E-state index contributed by atoms with van der Waals surface area (Å²) in [5, 5.41) is 6.85. The lowest BCUT2D eigenvalue weighted by Crippen LogP contribution is -2.14. The summed E-state index contributed by atoms with van der Waals surface area (Å²) in [6.07, 6.45) is 4.57. The third-order valence-corrected chi connectivity index (χ3v) is 3.31. The fraction of sp³-hybridized carbons (Fsp3) is 0. The van der Waals surface area contributed by atoms with Crippen molar-refractivity contribution in [2.75, 3.05) is 5.32 Å². The number of anilines is 1. The average molecular weight is 344 g/mol. The van der Waals surface area contributed by atoms with Crippen molar-refractivity contribution in [1.29, 1.82) is 0 Å². The molecule has 0 saturated heterocycles. The molecule has 1 aromatic carbocycles. The van der Waals surface area contributed by atoms with E-state index in [-0.39, 0.29) is 5.91 Å². The minimum Gasteiger partial charge on any atom is -0.319 e. The third-order valence-electron chi connectivity index (χ3n) is 2.78. The Labute approximate surface area is 129 Å². The first kappa shape index (κ1) is 13.4. The van der Waals surface area contributed by atoms with Gasteiger partial charge in [-0.15, -0.1) is 0 Å². The second kappa shape index (κ2) is 5.84. The number of amides is 1. The number of halogens is 1. The molecule has 0 aliphatic heterocycles. The summed E-state index contributed by atoms with van der Waals surface area (Å²) in [7, 11) is 0. The van der Waals surface area contributed by atoms with Crippen LogP contribution in [0, 0.1) is 0 Å². The largest absolute Gasteiger partial charge is 0.319 e. The predicted octanol–water partition coefficient (Wildman–Crippen LogP) is 2.68. The number of carbonyl (C=O) groups excluding carboxylic acids is 1. The van der Waals surface area contributed by atoms with E-state index in [0.717, 1.165) is 4.47 Å². The Hall–Kier alpha value is -2.54. The van der Waals surface area contributed by atoms with Gasteiger partial charge in [0.05, 0.1) is 5.69 Å². The zero-order chi connectivity index (χ0) is 14.7. The second-order valence-corrected chi connectivity index (χ2v) is 5.09. The molecule has 21 heavy (non-hydrogen) atoms. The van der Waals surface area contributed by atoms with Crippen molar-refractivity contribution >= 4 is 27.5 Å². The molecular weight excluding hydrogens is 334 g/mol. The zero-order valence-corrected chi connectivity index (χ0v) is 12.4. The first-order valence-corrected chi connectivity index (χ1v) is 6.90. The highest BCUT2D eigenvalue weighted by Crippen LogP contribution is 2.17. The van der Waals surface area contributed by atoms with Gasteiger partial charge in [0.2, 0.25) is 0 Å². The van der Waals surface area contributed by atoms with E-state index in [1.54, 1.807) is 30.5 Å². The minimum atomic E-state index is -0.211. The van der Waals surface area contributed by atoms with E-state index in [9.17, 15) is 4.79 Å². The molecule has 2 aromatic heterocycles. The van der Waals surface area contributed by atoms with Crippen molar-refractivity contribution in [3.63, 3.8) is 0 Å². The first-order valence-electron chi connectivity index (χ1n) is 6.11. The maximum absolute atomic E-state index is 12.2. The molecule has 1 amide bonds. The van der Waals surface area contributed by atoms with Crippen LogP contribution in [0.4, 0.5) is 5.69 Å². The summed E-state index contributed by atoms with van der Waals surface area (Å²) >= 11 is 3.34. The van der Waals surface area contributed by atoms with Crippen LogP contribution in [-0.2, 0) is 0 Å². The van der Waals surface area contributed by atoms with Gasteiger partial charge in [0, 0.05) is 16.2 Å². The monoisotopic (exact) mass is 343 g/mol. The number of hydrogen-bond acceptors (Lipinski definition) is 4. The zero-order valence-electron chi connectivity index (χ0n) is 10.8. The van der Waals surface area contributed by atoms with Crippen LogP contribution in [0.2, 0.25) is 0 Å². The number of hydrogen-bond donors (Lipinski definition) is 1. The summed E-state index contributed by atoms with van der Waals surface area (Å²) in [6, 6.07) is 10.6. The minimum absolute atomic E-state index is 0.211. The molecule has 0 aliphatic rings. The molecule has 0 bridgehead atoms. The summed E-state index contributed by atoms with van der Waals surface area (Å²) < 4.78 is 2.42. The molecular formula is C14H10BrN5O. The molecule has 1 N–H and O–H groups in total. The van der Waals surface area contributed by atoms with E-state index in [4.69, 9.17) is 0 Å². The fourth-order valence-electron chi connectivity index (χ4n) is 1.79.